The number of aromatic amines is 1. The first kappa shape index (κ1) is 29.2. The summed E-state index contributed by atoms with van der Waals surface area (Å²) in [6.45, 7) is 0. The van der Waals surface area contributed by atoms with Gasteiger partial charge in [0.2, 0.25) is 0 Å². The third-order valence-corrected chi connectivity index (χ3v) is 8.98. The Morgan fingerprint density at radius 3 is 2.78 bits per heavy atom. The molecule has 0 unspecified atom stereocenters. The first-order chi connectivity index (χ1) is 17.1. The molecule has 0 aliphatic carbocycles. The number of nitrogen functional groups attached to an aromatic ring is 1. The van der Waals surface area contributed by atoms with Crippen LogP contribution in [0.4, 0.5) is 4.69 Å². The number of hydrogen-bond acceptors (Lipinski definition) is 12. The minimum atomic E-state index is -1.30. The van der Waals surface area contributed by atoms with Crippen molar-refractivity contribution in [2.24, 2.45) is 12.2 Å². The number of nitrogens with zero attached hydrogens (tertiary/aromatic N) is 5. The van der Waals surface area contributed by atoms with Gasteiger partial charge in [-0.1, -0.05) is 0 Å². The van der Waals surface area contributed by atoms with Crippen LogP contribution in [0.15, 0.2) is 36.1 Å². The average molecular weight is 625 g/mol. The number of aromatic nitrogens is 4. The molecular formula is C18H19N8NaO7S2Se. The van der Waals surface area contributed by atoms with E-state index >= 15 is 0 Å². The number of carboxylic acids is 1. The van der Waals surface area contributed by atoms with Crippen LogP contribution in [0.5, 0.6) is 0 Å². The van der Waals surface area contributed by atoms with Gasteiger partial charge in [0.05, 0.1) is 0 Å². The van der Waals surface area contributed by atoms with E-state index in [0.29, 0.717) is 10.3 Å². The maximum absolute atomic E-state index is 12.9. The Balaban J connectivity index is 0.00000380. The van der Waals surface area contributed by atoms with Gasteiger partial charge in [-0.25, -0.2) is 5.10 Å². The van der Waals surface area contributed by atoms with Crippen molar-refractivity contribution < 1.29 is 24.3 Å². The van der Waals surface area contributed by atoms with Crippen LogP contribution in [0.1, 0.15) is 5.69 Å². The van der Waals surface area contributed by atoms with E-state index < -0.39 is 40.3 Å². The van der Waals surface area contributed by atoms with Crippen molar-refractivity contribution in [3.63, 3.8) is 0 Å². The standard InChI is InChI=1S/C18H18N8O7S2Se.Na.H/c1-25-14(30)12(28)22-23-18(25)35-4-6-3-34-15-9(13(29)26(15)10(6)16(31)32)21-11(27)8(24-33-2)7-5-36-17(19)20-7;;/h5,9,15H,3-4H2,1-2H3,(H2,19,20)(H,21,27)(H,22,28)(H,31,32);;/b24-8-;;/t9-,15-;;/m1../s1. The van der Waals surface area contributed by atoms with Crippen LogP contribution in [0.3, 0.4) is 0 Å². The summed E-state index contributed by atoms with van der Waals surface area (Å²) in [6, 6.07) is -0.983. The second-order valence-corrected chi connectivity index (χ2v) is 11.2. The van der Waals surface area contributed by atoms with Gasteiger partial charge in [-0.05, 0) is 0 Å². The van der Waals surface area contributed by atoms with E-state index in [2.05, 4.69) is 25.7 Å². The zero-order valence-corrected chi connectivity index (χ0v) is 21.9. The molecule has 1 saturated heterocycles. The topological polar surface area (TPSA) is 215 Å². The van der Waals surface area contributed by atoms with Crippen LogP contribution in [-0.4, -0.2) is 127 Å². The molecule has 4 heterocycles. The molecule has 5 N–H and O–H groups in total. The van der Waals surface area contributed by atoms with E-state index in [-0.39, 0.29) is 77.8 Å². The van der Waals surface area contributed by atoms with Crippen molar-refractivity contribution in [3.8, 4) is 0 Å². The van der Waals surface area contributed by atoms with Gasteiger partial charge in [0.1, 0.15) is 0 Å². The molecule has 2 aliphatic heterocycles. The number of thioether (sulfide) groups is 2. The number of anilines is 1. The SMILES string of the molecule is CO/N=C(\C(=O)N[C@@H]1C(=O)N2C(C(=O)O)=C(CSc3n[nH]c(=O)c(=O)n3C)CS[C@H]12)c1c[se]c(N)n1.[NaH]. The number of nitrogens with one attached hydrogen (secondary N) is 2. The van der Waals surface area contributed by atoms with E-state index in [1.54, 1.807) is 4.94 Å². The second-order valence-electron chi connectivity index (χ2n) is 7.30. The van der Waals surface area contributed by atoms with E-state index in [1.807, 2.05) is 0 Å². The van der Waals surface area contributed by atoms with Crippen molar-refractivity contribution in [1.82, 2.24) is 30.0 Å². The molecule has 4 rings (SSSR count). The third kappa shape index (κ3) is 5.74. The Hall–Kier alpha value is -2.34. The summed E-state index contributed by atoms with van der Waals surface area (Å²) in [5.74, 6) is -2.25. The molecule has 0 saturated carbocycles. The van der Waals surface area contributed by atoms with Crippen LogP contribution in [-0.2, 0) is 26.3 Å². The Labute approximate surface area is 244 Å². The van der Waals surface area contributed by atoms with Crippen molar-refractivity contribution >= 4 is 95.8 Å². The number of carbonyl (C=O) groups excluding carboxylic acids is 2. The normalized spacial score (nSPS) is 19.0. The number of nitrogens with two attached hydrogens (primary N) is 1. The van der Waals surface area contributed by atoms with Crippen molar-refractivity contribution in [3.05, 3.63) is 42.6 Å². The van der Waals surface area contributed by atoms with Gasteiger partial charge in [-0.2, -0.15) is 0 Å². The fraction of sp³-hybridized carbons (Fsp3) is 0.333. The molecule has 15 nitrogen and oxygen atoms in total. The van der Waals surface area contributed by atoms with E-state index in [4.69, 9.17) is 10.6 Å². The summed E-state index contributed by atoms with van der Waals surface area (Å²) < 4.78 is 1.42. The molecule has 1 fully saturated rings. The molecule has 19 heteroatoms. The van der Waals surface area contributed by atoms with Crippen molar-refractivity contribution in [1.29, 1.82) is 0 Å². The van der Waals surface area contributed by atoms with Crippen LogP contribution in [0, 0.1) is 0 Å². The average Bonchev–Trinajstić information content (AvgIpc) is 3.28. The number of carboxylic acid groups (broad SMARTS) is 1. The maximum atomic E-state index is 12.9. The number of fused-ring (bicyclic) bond motifs is 1. The van der Waals surface area contributed by atoms with Gasteiger partial charge in [-0.15, -0.1) is 5.10 Å². The summed E-state index contributed by atoms with van der Waals surface area (Å²) in [7, 11) is 2.64. The molecule has 2 aromatic rings. The molecule has 2 aromatic heterocycles. The number of aliphatic carboxylic acids is 1. The van der Waals surface area contributed by atoms with Gasteiger partial charge in [-0.3, -0.25) is 14.2 Å². The van der Waals surface area contributed by atoms with E-state index in [1.165, 1.54) is 25.9 Å². The van der Waals surface area contributed by atoms with Gasteiger partial charge in [0.25, 0.3) is 0 Å². The monoisotopic (exact) mass is 626 g/mol. The number of H-pyrrole nitrogens is 1. The molecular weight excluding hydrogens is 606 g/mol. The summed E-state index contributed by atoms with van der Waals surface area (Å²) >= 11 is 2.10. The summed E-state index contributed by atoms with van der Waals surface area (Å²) in [5, 5.41) is 21.6. The molecule has 0 spiro atoms. The van der Waals surface area contributed by atoms with Crippen LogP contribution in [0.25, 0.3) is 0 Å². The summed E-state index contributed by atoms with van der Waals surface area (Å²) in [6.07, 6.45) is 0. The van der Waals surface area contributed by atoms with Crippen molar-refractivity contribution in [2.45, 2.75) is 16.6 Å². The van der Waals surface area contributed by atoms with Crippen molar-refractivity contribution in [2.75, 3.05) is 24.3 Å². The Morgan fingerprint density at radius 1 is 1.43 bits per heavy atom. The Morgan fingerprint density at radius 2 is 2.16 bits per heavy atom. The zero-order chi connectivity index (χ0) is 26.1. The minimum absolute atomic E-state index is 0. The predicted molar refractivity (Wildman–Crippen MR) is 137 cm³/mol. The number of oxime groups is 1. The molecule has 0 bridgehead atoms. The fourth-order valence-electron chi connectivity index (χ4n) is 3.44. The zero-order valence-electron chi connectivity index (χ0n) is 18.6. The number of carbonyl (C=O) groups is 3. The van der Waals surface area contributed by atoms with Gasteiger partial charge < -0.3 is 0 Å². The summed E-state index contributed by atoms with van der Waals surface area (Å²) in [4.78, 5) is 72.6. The first-order valence-electron chi connectivity index (χ1n) is 9.96. The molecule has 37 heavy (non-hydrogen) atoms. The second kappa shape index (κ2) is 12.0. The van der Waals surface area contributed by atoms with Gasteiger partial charge >= 0.3 is 209 Å². The molecule has 2 atom stereocenters. The Bertz CT molecular complexity index is 1440. The molecule has 2 aliphatic rings. The molecule has 192 valence electrons. The number of amides is 2. The summed E-state index contributed by atoms with van der Waals surface area (Å²) in [5.41, 5.74) is 4.34. The molecule has 0 aromatic carbocycles. The fourth-order valence-corrected chi connectivity index (χ4v) is 6.99. The van der Waals surface area contributed by atoms with E-state index in [9.17, 15) is 29.1 Å². The van der Waals surface area contributed by atoms with Crippen LogP contribution >= 0.6 is 23.5 Å². The predicted octanol–water partition coefficient (Wildman–Crippen LogP) is -3.26. The quantitative estimate of drug-likeness (QED) is 0.0568. The Kier molecular flexibility index (Phi) is 9.49. The number of rotatable bonds is 8. The van der Waals surface area contributed by atoms with Crippen LogP contribution < -0.4 is 22.2 Å². The first-order valence-corrected chi connectivity index (χ1v) is 13.8. The van der Waals surface area contributed by atoms with E-state index in [0.717, 1.165) is 21.2 Å². The third-order valence-electron chi connectivity index (χ3n) is 5.11. The molecule has 0 radical (unpaired) electrons. The number of hydrogen-bond donors (Lipinski definition) is 4. The van der Waals surface area contributed by atoms with Gasteiger partial charge in [0, 0.05) is 7.05 Å². The number of β-lactam (4-membered cyclic amide) rings is 1. The van der Waals surface area contributed by atoms with Crippen LogP contribution in [0.2, 0.25) is 0 Å². The molecule has 2 amide bonds. The van der Waals surface area contributed by atoms with Gasteiger partial charge in [0.15, 0.2) is 5.16 Å².